The Balaban J connectivity index is 4.44. The summed E-state index contributed by atoms with van der Waals surface area (Å²) in [5, 5.41) is 18.8. The van der Waals surface area contributed by atoms with Crippen LogP contribution in [0.2, 0.25) is 0 Å². The summed E-state index contributed by atoms with van der Waals surface area (Å²) in [6.45, 7) is 2.61. The lowest BCUT2D eigenvalue weighted by Gasteiger charge is -2.20. The third-order valence-corrected chi connectivity index (χ3v) is 10.8. The summed E-state index contributed by atoms with van der Waals surface area (Å²) in [4.78, 5) is 46.0. The van der Waals surface area contributed by atoms with Gasteiger partial charge in [0.1, 0.15) is 12.6 Å². The molecule has 0 radical (unpaired) electrons. The molecule has 4 atom stereocenters. The number of aliphatic hydroxyl groups excluding tert-OH is 1. The highest BCUT2D eigenvalue weighted by Crippen LogP contribution is 2.43. The minimum Gasteiger partial charge on any atom is -0.480 e. The number of carbonyl (C=O) groups is 3. The molecule has 352 valence electrons. The number of carbonyl (C=O) groups excluding carboxylic acids is 2. The fraction of sp³-hybridized carbons (Fsp3) is 0.729. The van der Waals surface area contributed by atoms with Gasteiger partial charge >= 0.3 is 25.7 Å². The SMILES string of the molecule is CCCCCCCC/C=C\CCCCCCCCCCCC(=O)O[C@H](COC(=O)CCC/C=C\C/C=C\C/C=C\C=C\[C@H](O)CCCCC)COP(=O)(O)OC[C@H](N)C(=O)O. The number of rotatable bonds is 43. The molecule has 5 N–H and O–H groups in total. The molecular weight excluding hydrogens is 797 g/mol. The highest BCUT2D eigenvalue weighted by atomic mass is 31.2. The van der Waals surface area contributed by atoms with Crippen molar-refractivity contribution in [3.8, 4) is 0 Å². The van der Waals surface area contributed by atoms with Crippen molar-refractivity contribution < 1.29 is 52.6 Å². The Hall–Kier alpha value is -2.86. The number of hydrogen-bond donors (Lipinski definition) is 4. The topological polar surface area (TPSA) is 192 Å². The van der Waals surface area contributed by atoms with Crippen LogP contribution in [0.3, 0.4) is 0 Å². The molecule has 0 aliphatic carbocycles. The minimum atomic E-state index is -4.74. The van der Waals surface area contributed by atoms with Gasteiger partial charge in [-0.2, -0.15) is 0 Å². The Morgan fingerprint density at radius 2 is 1.08 bits per heavy atom. The van der Waals surface area contributed by atoms with Crippen molar-refractivity contribution in [1.82, 2.24) is 0 Å². The van der Waals surface area contributed by atoms with Gasteiger partial charge in [0, 0.05) is 12.8 Å². The maximum atomic E-state index is 12.7. The lowest BCUT2D eigenvalue weighted by atomic mass is 10.1. The number of carboxylic acid groups (broad SMARTS) is 1. The van der Waals surface area contributed by atoms with Crippen LogP contribution in [0.4, 0.5) is 0 Å². The first-order chi connectivity index (χ1) is 29.5. The zero-order valence-electron chi connectivity index (χ0n) is 37.9. The lowest BCUT2D eigenvalue weighted by molar-refractivity contribution is -0.161. The maximum absolute atomic E-state index is 12.7. The van der Waals surface area contributed by atoms with Gasteiger partial charge in [0.15, 0.2) is 6.10 Å². The van der Waals surface area contributed by atoms with Gasteiger partial charge in [0.25, 0.3) is 0 Å². The monoisotopic (exact) mass is 882 g/mol. The molecule has 0 aliphatic rings. The van der Waals surface area contributed by atoms with Crippen LogP contribution in [-0.4, -0.2) is 71.1 Å². The predicted octanol–water partition coefficient (Wildman–Crippen LogP) is 11.7. The van der Waals surface area contributed by atoms with E-state index in [4.69, 9.17) is 24.8 Å². The van der Waals surface area contributed by atoms with E-state index in [1.165, 1.54) is 83.5 Å². The Bertz CT molecular complexity index is 1280. The first kappa shape index (κ1) is 58.1. The molecule has 0 heterocycles. The number of aliphatic carboxylic acids is 1. The second-order valence-electron chi connectivity index (χ2n) is 15.7. The quantitative estimate of drug-likeness (QED) is 0.0149. The van der Waals surface area contributed by atoms with Crippen LogP contribution >= 0.6 is 7.82 Å². The standard InChI is InChI=1S/C48H84NO11P/c1-3-5-7-8-9-10-11-12-13-14-15-16-17-18-21-25-28-31-35-39-47(52)60-44(41-58-61(55,56)59-42-45(49)48(53)54)40-57-46(51)38-34-30-27-24-22-19-20-23-26-29-33-37-43(50)36-32-6-4-2/h12-13,19-20,24,26-27,29,33,37,43-45,50H,3-11,14-18,21-23,25,28,30-32,34-36,38-42,49H2,1-2H3,(H,53,54)(H,55,56)/b13-12-,20-19-,27-24-,29-26-,37-33+/t43-,44-,45+/m1/s1. The molecule has 12 nitrogen and oxygen atoms in total. The smallest absolute Gasteiger partial charge is 0.472 e. The van der Waals surface area contributed by atoms with Gasteiger partial charge in [0.2, 0.25) is 0 Å². The zero-order valence-corrected chi connectivity index (χ0v) is 38.7. The molecule has 0 aliphatic heterocycles. The normalized spacial score (nSPS) is 14.7. The first-order valence-corrected chi connectivity index (χ1v) is 24.9. The second-order valence-corrected chi connectivity index (χ2v) is 17.2. The van der Waals surface area contributed by atoms with Gasteiger partial charge in [0.05, 0.1) is 19.3 Å². The van der Waals surface area contributed by atoms with Gasteiger partial charge in [-0.3, -0.25) is 23.4 Å². The number of aliphatic hydroxyl groups is 1. The fourth-order valence-electron chi connectivity index (χ4n) is 6.10. The molecule has 0 amide bonds. The van der Waals surface area contributed by atoms with Crippen LogP contribution in [0.25, 0.3) is 0 Å². The van der Waals surface area contributed by atoms with Crippen LogP contribution in [0, 0.1) is 0 Å². The van der Waals surface area contributed by atoms with E-state index < -0.39 is 57.2 Å². The molecule has 0 fully saturated rings. The number of allylic oxidation sites excluding steroid dienone is 9. The number of unbranched alkanes of at least 4 members (excludes halogenated alkanes) is 18. The van der Waals surface area contributed by atoms with E-state index in [0.29, 0.717) is 19.3 Å². The minimum absolute atomic E-state index is 0.124. The van der Waals surface area contributed by atoms with E-state index in [0.717, 1.165) is 57.8 Å². The van der Waals surface area contributed by atoms with Crippen molar-refractivity contribution in [2.75, 3.05) is 19.8 Å². The van der Waals surface area contributed by atoms with E-state index >= 15 is 0 Å². The Morgan fingerprint density at radius 1 is 0.590 bits per heavy atom. The number of phosphoric acid groups is 1. The van der Waals surface area contributed by atoms with E-state index in [-0.39, 0.29) is 19.4 Å². The average molecular weight is 882 g/mol. The molecule has 0 saturated heterocycles. The van der Waals surface area contributed by atoms with Crippen LogP contribution in [0.1, 0.15) is 187 Å². The Labute approximate surface area is 369 Å². The van der Waals surface area contributed by atoms with Crippen molar-refractivity contribution in [2.24, 2.45) is 5.73 Å². The highest BCUT2D eigenvalue weighted by Gasteiger charge is 2.28. The molecule has 61 heavy (non-hydrogen) atoms. The van der Waals surface area contributed by atoms with Crippen LogP contribution in [0.15, 0.2) is 60.8 Å². The van der Waals surface area contributed by atoms with E-state index in [1.54, 1.807) is 0 Å². The second kappa shape index (κ2) is 42.4. The molecule has 0 spiro atoms. The van der Waals surface area contributed by atoms with Crippen LogP contribution in [-0.2, 0) is 37.5 Å². The van der Waals surface area contributed by atoms with Gasteiger partial charge in [-0.15, -0.1) is 0 Å². The summed E-state index contributed by atoms with van der Waals surface area (Å²) in [6.07, 6.45) is 46.1. The molecule has 0 aromatic carbocycles. The van der Waals surface area contributed by atoms with Crippen molar-refractivity contribution >= 4 is 25.7 Å². The molecule has 0 rings (SSSR count). The molecule has 0 saturated carbocycles. The van der Waals surface area contributed by atoms with E-state index in [2.05, 4.69) is 42.7 Å². The number of hydrogen-bond acceptors (Lipinski definition) is 10. The third kappa shape index (κ3) is 42.2. The number of ether oxygens (including phenoxy) is 2. The van der Waals surface area contributed by atoms with E-state index in [1.807, 2.05) is 36.5 Å². The molecule has 0 aromatic rings. The summed E-state index contributed by atoms with van der Waals surface area (Å²) in [6, 6.07) is -1.54. The van der Waals surface area contributed by atoms with Gasteiger partial charge < -0.3 is 30.3 Å². The Morgan fingerprint density at radius 3 is 1.70 bits per heavy atom. The summed E-state index contributed by atoms with van der Waals surface area (Å²) < 4.78 is 32.7. The zero-order chi connectivity index (χ0) is 45.1. The maximum Gasteiger partial charge on any atom is 0.472 e. The average Bonchev–Trinajstić information content (AvgIpc) is 3.23. The summed E-state index contributed by atoms with van der Waals surface area (Å²) >= 11 is 0. The molecule has 0 bridgehead atoms. The number of carboxylic acids is 1. The van der Waals surface area contributed by atoms with Crippen molar-refractivity contribution in [2.45, 2.75) is 205 Å². The summed E-state index contributed by atoms with van der Waals surface area (Å²) in [7, 11) is -4.74. The van der Waals surface area contributed by atoms with Crippen molar-refractivity contribution in [3.63, 3.8) is 0 Å². The number of phosphoric ester groups is 1. The molecule has 13 heteroatoms. The van der Waals surface area contributed by atoms with Crippen LogP contribution < -0.4 is 5.73 Å². The molecule has 1 unspecified atom stereocenters. The first-order valence-electron chi connectivity index (χ1n) is 23.4. The van der Waals surface area contributed by atoms with Crippen molar-refractivity contribution in [1.29, 1.82) is 0 Å². The molecule has 0 aromatic heterocycles. The number of esters is 2. The lowest BCUT2D eigenvalue weighted by Crippen LogP contribution is -2.34. The fourth-order valence-corrected chi connectivity index (χ4v) is 6.88. The van der Waals surface area contributed by atoms with Gasteiger partial charge in [-0.1, -0.05) is 171 Å². The van der Waals surface area contributed by atoms with Crippen molar-refractivity contribution in [3.05, 3.63) is 60.8 Å². The summed E-state index contributed by atoms with van der Waals surface area (Å²) in [5.41, 5.74) is 5.33. The summed E-state index contributed by atoms with van der Waals surface area (Å²) in [5.74, 6) is -2.49. The highest BCUT2D eigenvalue weighted by molar-refractivity contribution is 7.47. The van der Waals surface area contributed by atoms with E-state index in [9.17, 15) is 28.9 Å². The Kier molecular flexibility index (Phi) is 40.5. The number of nitrogens with two attached hydrogens (primary N) is 1. The van der Waals surface area contributed by atoms with Gasteiger partial charge in [-0.05, 0) is 64.2 Å². The predicted molar refractivity (Wildman–Crippen MR) is 246 cm³/mol. The largest absolute Gasteiger partial charge is 0.480 e. The third-order valence-electron chi connectivity index (χ3n) is 9.84. The molecular formula is C48H84NO11P. The van der Waals surface area contributed by atoms with Gasteiger partial charge in [-0.25, -0.2) is 4.57 Å². The van der Waals surface area contributed by atoms with Crippen LogP contribution in [0.5, 0.6) is 0 Å².